The molecule has 0 spiro atoms. The Morgan fingerprint density at radius 2 is 2.09 bits per heavy atom. The first-order valence-corrected chi connectivity index (χ1v) is 6.74. The Morgan fingerprint density at radius 1 is 1.36 bits per heavy atom. The molecule has 1 fully saturated rings. The van der Waals surface area contributed by atoms with Gasteiger partial charge in [0.2, 0.25) is 0 Å². The Labute approximate surface area is 133 Å². The number of aliphatic carboxylic acids is 1. The van der Waals surface area contributed by atoms with Crippen LogP contribution in [0.5, 0.6) is 11.5 Å². The molecule has 22 heavy (non-hydrogen) atoms. The number of carbonyl (C=O) groups is 3. The van der Waals surface area contributed by atoms with E-state index in [4.69, 9.17) is 9.47 Å². The molecule has 0 radical (unpaired) electrons. The SMILES string of the molecule is COc1cc(/C=C2/NC(=O)NC2=O)cc(Br)c1OCC(=O)[O-]. The van der Waals surface area contributed by atoms with E-state index in [0.717, 1.165) is 0 Å². The molecule has 1 aromatic rings. The average Bonchev–Trinajstić information content (AvgIpc) is 2.74. The summed E-state index contributed by atoms with van der Waals surface area (Å²) in [6, 6.07) is 2.51. The van der Waals surface area contributed by atoms with E-state index in [-0.39, 0.29) is 17.2 Å². The van der Waals surface area contributed by atoms with Crippen molar-refractivity contribution in [3.63, 3.8) is 0 Å². The van der Waals surface area contributed by atoms with E-state index in [9.17, 15) is 19.5 Å². The van der Waals surface area contributed by atoms with Crippen LogP contribution < -0.4 is 25.2 Å². The van der Waals surface area contributed by atoms with Crippen LogP contribution in [0.1, 0.15) is 5.56 Å². The second-order valence-electron chi connectivity index (χ2n) is 4.16. The Balaban J connectivity index is 2.33. The Kier molecular flexibility index (Phi) is 4.66. The molecule has 0 atom stereocenters. The molecule has 1 aliphatic heterocycles. The third-order valence-corrected chi connectivity index (χ3v) is 3.21. The summed E-state index contributed by atoms with van der Waals surface area (Å²) in [4.78, 5) is 33.0. The van der Waals surface area contributed by atoms with Crippen LogP contribution >= 0.6 is 15.9 Å². The molecule has 1 aromatic carbocycles. The number of halogens is 1. The Bertz CT molecular complexity index is 685. The van der Waals surface area contributed by atoms with Gasteiger partial charge in [-0.05, 0) is 39.7 Å². The maximum absolute atomic E-state index is 11.5. The normalized spacial score (nSPS) is 15.5. The van der Waals surface area contributed by atoms with Gasteiger partial charge in [0, 0.05) is 0 Å². The van der Waals surface area contributed by atoms with Gasteiger partial charge in [-0.1, -0.05) is 0 Å². The first-order valence-electron chi connectivity index (χ1n) is 5.95. The van der Waals surface area contributed by atoms with Gasteiger partial charge in [0.1, 0.15) is 12.3 Å². The zero-order chi connectivity index (χ0) is 16.3. The predicted octanol–water partition coefficient (Wildman–Crippen LogP) is -0.233. The van der Waals surface area contributed by atoms with Gasteiger partial charge in [-0.2, -0.15) is 0 Å². The third-order valence-electron chi connectivity index (χ3n) is 2.62. The lowest BCUT2D eigenvalue weighted by molar-refractivity contribution is -0.307. The van der Waals surface area contributed by atoms with Gasteiger partial charge in [-0.25, -0.2) is 4.79 Å². The molecule has 9 heteroatoms. The quantitative estimate of drug-likeness (QED) is 0.546. The summed E-state index contributed by atoms with van der Waals surface area (Å²) < 4.78 is 10.6. The number of methoxy groups -OCH3 is 1. The minimum atomic E-state index is -1.37. The lowest BCUT2D eigenvalue weighted by atomic mass is 10.1. The number of hydrogen-bond donors (Lipinski definition) is 2. The highest BCUT2D eigenvalue weighted by atomic mass is 79.9. The van der Waals surface area contributed by atoms with E-state index in [1.54, 1.807) is 6.07 Å². The standard InChI is InChI=1S/C13H11BrN2O6/c1-21-9-4-6(3-8-12(19)16-13(20)15-8)2-7(14)11(9)22-5-10(17)18/h2-4H,5H2,1H3,(H,17,18)(H2,15,16,19,20)/p-1/b8-3+. The molecule has 0 unspecified atom stereocenters. The van der Waals surface area contributed by atoms with Crippen LogP contribution in [0.25, 0.3) is 6.08 Å². The summed E-state index contributed by atoms with van der Waals surface area (Å²) in [5.74, 6) is -1.47. The topological polar surface area (TPSA) is 117 Å². The van der Waals surface area contributed by atoms with E-state index in [1.807, 2.05) is 0 Å². The molecule has 116 valence electrons. The maximum atomic E-state index is 11.5. The van der Waals surface area contributed by atoms with Gasteiger partial charge < -0.3 is 24.7 Å². The third kappa shape index (κ3) is 3.55. The fraction of sp³-hybridized carbons (Fsp3) is 0.154. The number of urea groups is 1. The molecule has 0 aliphatic carbocycles. The van der Waals surface area contributed by atoms with Gasteiger partial charge >= 0.3 is 6.03 Å². The van der Waals surface area contributed by atoms with E-state index in [1.165, 1.54) is 19.3 Å². The van der Waals surface area contributed by atoms with Crippen molar-refractivity contribution in [1.29, 1.82) is 0 Å². The van der Waals surface area contributed by atoms with Crippen molar-refractivity contribution in [2.45, 2.75) is 0 Å². The first-order chi connectivity index (χ1) is 10.4. The van der Waals surface area contributed by atoms with Gasteiger partial charge in [0.15, 0.2) is 11.5 Å². The molecule has 3 amide bonds. The van der Waals surface area contributed by atoms with E-state index < -0.39 is 24.5 Å². The van der Waals surface area contributed by atoms with Crippen molar-refractivity contribution in [1.82, 2.24) is 10.6 Å². The fourth-order valence-corrected chi connectivity index (χ4v) is 2.32. The summed E-state index contributed by atoms with van der Waals surface area (Å²) in [6.07, 6.45) is 1.44. The number of imide groups is 1. The number of rotatable bonds is 5. The largest absolute Gasteiger partial charge is 0.546 e. The highest BCUT2D eigenvalue weighted by molar-refractivity contribution is 9.10. The molecule has 2 rings (SSSR count). The predicted molar refractivity (Wildman–Crippen MR) is 75.8 cm³/mol. The van der Waals surface area contributed by atoms with Gasteiger partial charge in [0.05, 0.1) is 17.6 Å². The summed E-state index contributed by atoms with van der Waals surface area (Å²) in [5, 5.41) is 14.9. The fourth-order valence-electron chi connectivity index (χ4n) is 1.74. The second-order valence-corrected chi connectivity index (χ2v) is 5.02. The van der Waals surface area contributed by atoms with E-state index in [2.05, 4.69) is 26.6 Å². The zero-order valence-corrected chi connectivity index (χ0v) is 12.9. The number of carbonyl (C=O) groups excluding carboxylic acids is 3. The van der Waals surface area contributed by atoms with Crippen LogP contribution in [0.4, 0.5) is 4.79 Å². The molecule has 0 saturated carbocycles. The van der Waals surface area contributed by atoms with Crippen molar-refractivity contribution < 1.29 is 29.0 Å². The molecule has 8 nitrogen and oxygen atoms in total. The highest BCUT2D eigenvalue weighted by Crippen LogP contribution is 2.37. The minimum absolute atomic E-state index is 0.0855. The number of carboxylic acid groups (broad SMARTS) is 1. The van der Waals surface area contributed by atoms with Gasteiger partial charge in [-0.15, -0.1) is 0 Å². The molecular weight excluding hydrogens is 360 g/mol. The van der Waals surface area contributed by atoms with Crippen LogP contribution in [-0.2, 0) is 9.59 Å². The first kappa shape index (κ1) is 15.8. The van der Waals surface area contributed by atoms with Crippen LogP contribution in [-0.4, -0.2) is 31.6 Å². The smallest absolute Gasteiger partial charge is 0.326 e. The lowest BCUT2D eigenvalue weighted by Gasteiger charge is -2.14. The number of hydrogen-bond acceptors (Lipinski definition) is 6. The summed E-state index contributed by atoms with van der Waals surface area (Å²) in [6.45, 7) is -0.631. The summed E-state index contributed by atoms with van der Waals surface area (Å²) in [7, 11) is 1.38. The summed E-state index contributed by atoms with van der Waals surface area (Å²) in [5.41, 5.74) is 0.624. The Morgan fingerprint density at radius 3 is 2.64 bits per heavy atom. The molecule has 0 aromatic heterocycles. The lowest BCUT2D eigenvalue weighted by Crippen LogP contribution is -2.29. The molecule has 0 bridgehead atoms. The van der Waals surface area contributed by atoms with Crippen molar-refractivity contribution in [3.8, 4) is 11.5 Å². The molecule has 1 heterocycles. The molecule has 1 aliphatic rings. The van der Waals surface area contributed by atoms with Crippen molar-refractivity contribution >= 4 is 39.9 Å². The number of ether oxygens (including phenoxy) is 2. The molecule has 2 N–H and O–H groups in total. The van der Waals surface area contributed by atoms with Crippen molar-refractivity contribution in [2.75, 3.05) is 13.7 Å². The van der Waals surface area contributed by atoms with E-state index >= 15 is 0 Å². The monoisotopic (exact) mass is 369 g/mol. The number of carboxylic acids is 1. The van der Waals surface area contributed by atoms with E-state index in [0.29, 0.717) is 10.0 Å². The van der Waals surface area contributed by atoms with Crippen LogP contribution in [0.15, 0.2) is 22.3 Å². The Hall–Kier alpha value is -2.55. The van der Waals surface area contributed by atoms with Crippen molar-refractivity contribution in [2.24, 2.45) is 0 Å². The molecule has 1 saturated heterocycles. The summed E-state index contributed by atoms with van der Waals surface area (Å²) >= 11 is 3.23. The average molecular weight is 370 g/mol. The van der Waals surface area contributed by atoms with Crippen LogP contribution in [0, 0.1) is 0 Å². The minimum Gasteiger partial charge on any atom is -0.546 e. The van der Waals surface area contributed by atoms with Crippen LogP contribution in [0.2, 0.25) is 0 Å². The number of nitrogens with one attached hydrogen (secondary N) is 2. The zero-order valence-electron chi connectivity index (χ0n) is 11.3. The van der Waals surface area contributed by atoms with Gasteiger partial charge in [0.25, 0.3) is 5.91 Å². The second kappa shape index (κ2) is 6.48. The van der Waals surface area contributed by atoms with Crippen LogP contribution in [0.3, 0.4) is 0 Å². The van der Waals surface area contributed by atoms with Crippen molar-refractivity contribution in [3.05, 3.63) is 27.9 Å². The maximum Gasteiger partial charge on any atom is 0.326 e. The van der Waals surface area contributed by atoms with Gasteiger partial charge in [-0.3, -0.25) is 10.1 Å². The molecular formula is C13H10BrN2O6-. The number of benzene rings is 1. The highest BCUT2D eigenvalue weighted by Gasteiger charge is 2.23. The number of amides is 3.